The zero-order chi connectivity index (χ0) is 11.4. The molecule has 0 aromatic heterocycles. The lowest BCUT2D eigenvalue weighted by Gasteiger charge is -2.34. The summed E-state index contributed by atoms with van der Waals surface area (Å²) in [6.45, 7) is 6.60. The molecule has 1 aromatic rings. The van der Waals surface area contributed by atoms with Crippen molar-refractivity contribution in [2.45, 2.75) is 19.4 Å². The summed E-state index contributed by atoms with van der Waals surface area (Å²) in [5.41, 5.74) is 1.31. The second kappa shape index (κ2) is 5.32. The van der Waals surface area contributed by atoms with Gasteiger partial charge < -0.3 is 10.4 Å². The largest absolute Gasteiger partial charge is 0.508 e. The summed E-state index contributed by atoms with van der Waals surface area (Å²) < 4.78 is 0. The van der Waals surface area contributed by atoms with Crippen LogP contribution in [0.3, 0.4) is 0 Å². The topological polar surface area (TPSA) is 35.5 Å². The van der Waals surface area contributed by atoms with Gasteiger partial charge in [-0.2, -0.15) is 0 Å². The van der Waals surface area contributed by atoms with E-state index in [1.54, 1.807) is 12.1 Å². The quantitative estimate of drug-likeness (QED) is 0.814. The Balaban J connectivity index is 2.11. The predicted molar refractivity (Wildman–Crippen MR) is 65.6 cm³/mol. The van der Waals surface area contributed by atoms with Crippen LogP contribution < -0.4 is 5.32 Å². The number of piperazine rings is 1. The molecule has 1 saturated heterocycles. The Bertz CT molecular complexity index is 317. The second-order valence-corrected chi connectivity index (χ2v) is 4.30. The highest BCUT2D eigenvalue weighted by atomic mass is 16.3. The van der Waals surface area contributed by atoms with Gasteiger partial charge >= 0.3 is 0 Å². The van der Waals surface area contributed by atoms with E-state index in [9.17, 15) is 5.11 Å². The SMILES string of the molecule is CC[C@@H](c1ccc(O)cc1)N1CCNCC1. The van der Waals surface area contributed by atoms with Gasteiger partial charge in [-0.15, -0.1) is 0 Å². The van der Waals surface area contributed by atoms with Crippen LogP contribution >= 0.6 is 0 Å². The second-order valence-electron chi connectivity index (χ2n) is 4.30. The van der Waals surface area contributed by atoms with Crippen molar-refractivity contribution in [3.05, 3.63) is 29.8 Å². The molecule has 0 bridgehead atoms. The van der Waals surface area contributed by atoms with Crippen LogP contribution in [0, 0.1) is 0 Å². The van der Waals surface area contributed by atoms with E-state index < -0.39 is 0 Å². The molecule has 0 amide bonds. The summed E-state index contributed by atoms with van der Waals surface area (Å²) in [7, 11) is 0. The molecular formula is C13H20N2O. The zero-order valence-electron chi connectivity index (χ0n) is 9.82. The first-order chi connectivity index (χ1) is 7.81. The summed E-state index contributed by atoms with van der Waals surface area (Å²) in [5.74, 6) is 0.346. The van der Waals surface area contributed by atoms with Crippen molar-refractivity contribution in [3.63, 3.8) is 0 Å². The molecule has 0 aliphatic carbocycles. The molecule has 16 heavy (non-hydrogen) atoms. The average Bonchev–Trinajstić information content (AvgIpc) is 2.34. The van der Waals surface area contributed by atoms with Gasteiger partial charge in [-0.25, -0.2) is 0 Å². The van der Waals surface area contributed by atoms with Crippen LogP contribution in [0.1, 0.15) is 24.9 Å². The molecular weight excluding hydrogens is 200 g/mol. The Morgan fingerprint density at radius 2 is 1.88 bits per heavy atom. The van der Waals surface area contributed by atoms with E-state index in [-0.39, 0.29) is 0 Å². The van der Waals surface area contributed by atoms with E-state index in [2.05, 4.69) is 17.1 Å². The van der Waals surface area contributed by atoms with E-state index >= 15 is 0 Å². The molecule has 0 spiro atoms. The Morgan fingerprint density at radius 1 is 1.25 bits per heavy atom. The van der Waals surface area contributed by atoms with E-state index in [1.165, 1.54) is 5.56 Å². The van der Waals surface area contributed by atoms with Crippen molar-refractivity contribution in [1.82, 2.24) is 10.2 Å². The van der Waals surface area contributed by atoms with Crippen LogP contribution in [0.5, 0.6) is 5.75 Å². The third kappa shape index (κ3) is 2.54. The number of nitrogens with zero attached hydrogens (tertiary/aromatic N) is 1. The summed E-state index contributed by atoms with van der Waals surface area (Å²) in [6, 6.07) is 8.11. The first-order valence-electron chi connectivity index (χ1n) is 6.05. The van der Waals surface area contributed by atoms with Gasteiger partial charge in [-0.3, -0.25) is 4.90 Å². The van der Waals surface area contributed by atoms with Crippen LogP contribution in [0.2, 0.25) is 0 Å². The maximum Gasteiger partial charge on any atom is 0.115 e. The fraction of sp³-hybridized carbons (Fsp3) is 0.538. The third-order valence-electron chi connectivity index (χ3n) is 3.26. The maximum atomic E-state index is 9.30. The van der Waals surface area contributed by atoms with Crippen molar-refractivity contribution in [2.24, 2.45) is 0 Å². The molecule has 1 fully saturated rings. The number of hydrogen-bond acceptors (Lipinski definition) is 3. The van der Waals surface area contributed by atoms with Gasteiger partial charge in [0.15, 0.2) is 0 Å². The van der Waals surface area contributed by atoms with E-state index in [4.69, 9.17) is 0 Å². The minimum absolute atomic E-state index is 0.346. The van der Waals surface area contributed by atoms with Gasteiger partial charge in [0.2, 0.25) is 0 Å². The summed E-state index contributed by atoms with van der Waals surface area (Å²) in [5, 5.41) is 12.7. The number of aromatic hydroxyl groups is 1. The van der Waals surface area contributed by atoms with E-state index in [0.29, 0.717) is 11.8 Å². The van der Waals surface area contributed by atoms with Gasteiger partial charge in [-0.05, 0) is 24.1 Å². The first-order valence-corrected chi connectivity index (χ1v) is 6.05. The Kier molecular flexibility index (Phi) is 3.80. The van der Waals surface area contributed by atoms with Crippen LogP contribution in [0.4, 0.5) is 0 Å². The summed E-state index contributed by atoms with van der Waals surface area (Å²) in [6.07, 6.45) is 1.12. The van der Waals surface area contributed by atoms with Gasteiger partial charge in [0, 0.05) is 32.2 Å². The minimum atomic E-state index is 0.346. The fourth-order valence-corrected chi connectivity index (χ4v) is 2.39. The monoisotopic (exact) mass is 220 g/mol. The molecule has 1 aliphatic heterocycles. The molecule has 1 aromatic carbocycles. The van der Waals surface area contributed by atoms with Gasteiger partial charge in [-0.1, -0.05) is 19.1 Å². The van der Waals surface area contributed by atoms with Crippen LogP contribution in [0.25, 0.3) is 0 Å². The van der Waals surface area contributed by atoms with E-state index in [1.807, 2.05) is 12.1 Å². The lowest BCUT2D eigenvalue weighted by molar-refractivity contribution is 0.169. The van der Waals surface area contributed by atoms with Crippen molar-refractivity contribution in [3.8, 4) is 5.75 Å². The van der Waals surface area contributed by atoms with Crippen LogP contribution in [-0.2, 0) is 0 Å². The maximum absolute atomic E-state index is 9.30. The zero-order valence-corrected chi connectivity index (χ0v) is 9.82. The lowest BCUT2D eigenvalue weighted by Crippen LogP contribution is -2.45. The highest BCUT2D eigenvalue weighted by Crippen LogP contribution is 2.25. The van der Waals surface area contributed by atoms with Gasteiger partial charge in [0.05, 0.1) is 0 Å². The van der Waals surface area contributed by atoms with Crippen LogP contribution in [0.15, 0.2) is 24.3 Å². The van der Waals surface area contributed by atoms with E-state index in [0.717, 1.165) is 32.6 Å². The molecule has 1 aliphatic rings. The molecule has 2 N–H and O–H groups in total. The number of hydrogen-bond donors (Lipinski definition) is 2. The van der Waals surface area contributed by atoms with Gasteiger partial charge in [0.1, 0.15) is 5.75 Å². The van der Waals surface area contributed by atoms with Crippen molar-refractivity contribution in [1.29, 1.82) is 0 Å². The normalized spacial score (nSPS) is 19.6. The molecule has 1 heterocycles. The van der Waals surface area contributed by atoms with Crippen molar-refractivity contribution in [2.75, 3.05) is 26.2 Å². The van der Waals surface area contributed by atoms with Crippen LogP contribution in [-0.4, -0.2) is 36.2 Å². The molecule has 1 atom stereocenters. The Labute approximate surface area is 97.1 Å². The molecule has 3 heteroatoms. The number of phenolic OH excluding ortho intramolecular Hbond substituents is 1. The molecule has 0 unspecified atom stereocenters. The smallest absolute Gasteiger partial charge is 0.115 e. The Morgan fingerprint density at radius 3 is 2.44 bits per heavy atom. The molecule has 3 nitrogen and oxygen atoms in total. The molecule has 0 radical (unpaired) electrons. The third-order valence-corrected chi connectivity index (χ3v) is 3.26. The predicted octanol–water partition coefficient (Wildman–Crippen LogP) is 1.75. The fourth-order valence-electron chi connectivity index (χ4n) is 2.39. The van der Waals surface area contributed by atoms with Gasteiger partial charge in [0.25, 0.3) is 0 Å². The standard InChI is InChI=1S/C13H20N2O/c1-2-13(15-9-7-14-8-10-15)11-3-5-12(16)6-4-11/h3-6,13-14,16H,2,7-10H2,1H3/t13-/m0/s1. The molecule has 88 valence electrons. The highest BCUT2D eigenvalue weighted by Gasteiger charge is 2.20. The lowest BCUT2D eigenvalue weighted by atomic mass is 10.0. The number of rotatable bonds is 3. The molecule has 2 rings (SSSR count). The number of benzene rings is 1. The highest BCUT2D eigenvalue weighted by molar-refractivity contribution is 5.28. The number of phenols is 1. The minimum Gasteiger partial charge on any atom is -0.508 e. The number of nitrogens with one attached hydrogen (secondary N) is 1. The summed E-state index contributed by atoms with van der Waals surface area (Å²) in [4.78, 5) is 2.52. The first kappa shape index (κ1) is 11.4. The van der Waals surface area contributed by atoms with Crippen molar-refractivity contribution < 1.29 is 5.11 Å². The average molecular weight is 220 g/mol. The molecule has 0 saturated carbocycles. The van der Waals surface area contributed by atoms with Crippen molar-refractivity contribution >= 4 is 0 Å². The summed E-state index contributed by atoms with van der Waals surface area (Å²) >= 11 is 0. The Hall–Kier alpha value is -1.06.